The minimum Gasteiger partial charge on any atom is -0.364 e. The van der Waals surface area contributed by atoms with Gasteiger partial charge in [-0.1, -0.05) is 12.1 Å². The van der Waals surface area contributed by atoms with Crippen LogP contribution in [0.25, 0.3) is 0 Å². The summed E-state index contributed by atoms with van der Waals surface area (Å²) in [5, 5.41) is 14.1. The van der Waals surface area contributed by atoms with Crippen LogP contribution in [-0.4, -0.2) is 39.6 Å². The van der Waals surface area contributed by atoms with Gasteiger partial charge in [-0.25, -0.2) is 13.2 Å². The monoisotopic (exact) mass is 332 g/mol. The standard InChI is InChI=1S/C14H15F3N2O2S/c1-9-6-14(21,13(16)17)19(18-9)12(20)8-22-7-10-2-4-11(15)5-3-10/h2-5,13,21H,6-8H2,1H3. The van der Waals surface area contributed by atoms with Crippen molar-refractivity contribution in [2.24, 2.45) is 5.10 Å². The third kappa shape index (κ3) is 3.61. The summed E-state index contributed by atoms with van der Waals surface area (Å²) in [4.78, 5) is 12.0. The maximum atomic E-state index is 13.0. The van der Waals surface area contributed by atoms with E-state index in [0.717, 1.165) is 5.56 Å². The van der Waals surface area contributed by atoms with Crippen molar-refractivity contribution in [3.63, 3.8) is 0 Å². The number of hydrogen-bond acceptors (Lipinski definition) is 4. The van der Waals surface area contributed by atoms with Gasteiger partial charge in [0.15, 0.2) is 0 Å². The number of halogens is 3. The van der Waals surface area contributed by atoms with Crippen LogP contribution in [-0.2, 0) is 10.5 Å². The normalized spacial score (nSPS) is 21.4. The summed E-state index contributed by atoms with van der Waals surface area (Å²) in [6.45, 7) is 1.48. The largest absolute Gasteiger partial charge is 0.364 e. The molecule has 0 saturated carbocycles. The molecule has 1 atom stereocenters. The van der Waals surface area contributed by atoms with Crippen LogP contribution in [0.15, 0.2) is 29.4 Å². The van der Waals surface area contributed by atoms with Crippen molar-refractivity contribution in [3.8, 4) is 0 Å². The van der Waals surface area contributed by atoms with Crippen molar-refractivity contribution in [2.75, 3.05) is 5.75 Å². The minimum absolute atomic E-state index is 0.108. The third-order valence-electron chi connectivity index (χ3n) is 3.15. The van der Waals surface area contributed by atoms with Crippen molar-refractivity contribution in [2.45, 2.75) is 31.2 Å². The Bertz CT molecular complexity index is 580. The van der Waals surface area contributed by atoms with Gasteiger partial charge in [-0.3, -0.25) is 4.79 Å². The summed E-state index contributed by atoms with van der Waals surface area (Å²) in [5.74, 6) is -0.723. The van der Waals surface area contributed by atoms with Crippen molar-refractivity contribution in [1.29, 1.82) is 0 Å². The van der Waals surface area contributed by atoms with Gasteiger partial charge in [0, 0.05) is 17.9 Å². The van der Waals surface area contributed by atoms with Crippen LogP contribution >= 0.6 is 11.8 Å². The lowest BCUT2D eigenvalue weighted by Crippen LogP contribution is -2.52. The lowest BCUT2D eigenvalue weighted by atomic mass is 10.1. The van der Waals surface area contributed by atoms with Crippen LogP contribution < -0.4 is 0 Å². The molecule has 1 aliphatic heterocycles. The Kier molecular flexibility index (Phi) is 5.12. The van der Waals surface area contributed by atoms with Gasteiger partial charge in [0.25, 0.3) is 12.3 Å². The lowest BCUT2D eigenvalue weighted by Gasteiger charge is -2.29. The molecule has 0 bridgehead atoms. The van der Waals surface area contributed by atoms with Crippen molar-refractivity contribution in [1.82, 2.24) is 5.01 Å². The number of carbonyl (C=O) groups is 1. The molecule has 1 unspecified atom stereocenters. The summed E-state index contributed by atoms with van der Waals surface area (Å²) in [7, 11) is 0. The van der Waals surface area contributed by atoms with E-state index in [1.54, 1.807) is 12.1 Å². The van der Waals surface area contributed by atoms with Gasteiger partial charge in [0.2, 0.25) is 5.72 Å². The van der Waals surface area contributed by atoms with Crippen LogP contribution in [0.3, 0.4) is 0 Å². The molecular weight excluding hydrogens is 317 g/mol. The number of hydrogen-bond donors (Lipinski definition) is 1. The first-order valence-corrected chi connectivity index (χ1v) is 7.68. The number of thioether (sulfide) groups is 1. The van der Waals surface area contributed by atoms with Crippen LogP contribution in [0.5, 0.6) is 0 Å². The van der Waals surface area contributed by atoms with Crippen molar-refractivity contribution < 1.29 is 23.1 Å². The molecule has 1 heterocycles. The molecule has 0 aliphatic carbocycles. The van der Waals surface area contributed by atoms with Gasteiger partial charge >= 0.3 is 0 Å². The Hall–Kier alpha value is -1.54. The molecule has 2 rings (SSSR count). The molecule has 1 N–H and O–H groups in total. The predicted octanol–water partition coefficient (Wildman–Crippen LogP) is 2.62. The van der Waals surface area contributed by atoms with Crippen LogP contribution in [0, 0.1) is 5.82 Å². The van der Waals surface area contributed by atoms with Gasteiger partial charge in [0.1, 0.15) is 5.82 Å². The van der Waals surface area contributed by atoms with Crippen LogP contribution in [0.2, 0.25) is 0 Å². The molecule has 1 aliphatic rings. The highest BCUT2D eigenvalue weighted by Crippen LogP contribution is 2.31. The molecule has 0 aromatic heterocycles. The fraction of sp³-hybridized carbons (Fsp3) is 0.429. The highest BCUT2D eigenvalue weighted by Gasteiger charge is 2.50. The average Bonchev–Trinajstić information content (AvgIpc) is 2.77. The second kappa shape index (κ2) is 6.70. The van der Waals surface area contributed by atoms with E-state index in [0.29, 0.717) is 10.8 Å². The van der Waals surface area contributed by atoms with E-state index in [9.17, 15) is 23.1 Å². The molecule has 0 radical (unpaired) electrons. The topological polar surface area (TPSA) is 52.9 Å². The highest BCUT2D eigenvalue weighted by molar-refractivity contribution is 7.99. The van der Waals surface area contributed by atoms with E-state index in [1.807, 2.05) is 0 Å². The number of carbonyl (C=O) groups excluding carboxylic acids is 1. The molecule has 8 heteroatoms. The van der Waals surface area contributed by atoms with E-state index in [2.05, 4.69) is 5.10 Å². The molecule has 1 aromatic rings. The fourth-order valence-electron chi connectivity index (χ4n) is 2.08. The number of alkyl halides is 2. The van der Waals surface area contributed by atoms with E-state index < -0.39 is 18.1 Å². The SMILES string of the molecule is CC1=NN(C(=O)CSCc2ccc(F)cc2)C(O)(C(F)F)C1. The van der Waals surface area contributed by atoms with E-state index >= 15 is 0 Å². The minimum atomic E-state index is -3.10. The third-order valence-corrected chi connectivity index (χ3v) is 4.14. The zero-order valence-electron chi connectivity index (χ0n) is 11.8. The van der Waals surface area contributed by atoms with Gasteiger partial charge in [0.05, 0.1) is 5.75 Å². The molecule has 22 heavy (non-hydrogen) atoms. The Morgan fingerprint density at radius 2 is 2.09 bits per heavy atom. The molecular formula is C14H15F3N2O2S. The van der Waals surface area contributed by atoms with E-state index in [-0.39, 0.29) is 23.7 Å². The number of rotatable bonds is 5. The first-order chi connectivity index (χ1) is 10.3. The quantitative estimate of drug-likeness (QED) is 0.902. The van der Waals surface area contributed by atoms with Crippen molar-refractivity contribution in [3.05, 3.63) is 35.6 Å². The van der Waals surface area contributed by atoms with Crippen molar-refractivity contribution >= 4 is 23.4 Å². The first kappa shape index (κ1) is 16.8. The number of amides is 1. The smallest absolute Gasteiger partial charge is 0.287 e. The molecule has 4 nitrogen and oxygen atoms in total. The number of aliphatic hydroxyl groups is 1. The van der Waals surface area contributed by atoms with Crippen LogP contribution in [0.4, 0.5) is 13.2 Å². The number of hydrazone groups is 1. The van der Waals surface area contributed by atoms with Gasteiger partial charge in [-0.05, 0) is 24.6 Å². The summed E-state index contributed by atoms with van der Waals surface area (Å²) < 4.78 is 38.7. The summed E-state index contributed by atoms with van der Waals surface area (Å²) in [6, 6.07) is 5.78. The molecule has 0 spiro atoms. The van der Waals surface area contributed by atoms with Gasteiger partial charge in [-0.15, -0.1) is 11.8 Å². The first-order valence-electron chi connectivity index (χ1n) is 6.53. The molecule has 120 valence electrons. The average molecular weight is 332 g/mol. The number of nitrogens with zero attached hydrogens (tertiary/aromatic N) is 2. The lowest BCUT2D eigenvalue weighted by molar-refractivity contribution is -0.190. The van der Waals surface area contributed by atoms with E-state index in [4.69, 9.17) is 0 Å². The van der Waals surface area contributed by atoms with E-state index in [1.165, 1.54) is 30.8 Å². The second-order valence-corrected chi connectivity index (χ2v) is 6.00. The summed E-state index contributed by atoms with van der Waals surface area (Å²) in [5.41, 5.74) is -1.47. The summed E-state index contributed by atoms with van der Waals surface area (Å²) >= 11 is 1.18. The zero-order chi connectivity index (χ0) is 16.3. The van der Waals surface area contributed by atoms with Crippen LogP contribution in [0.1, 0.15) is 18.9 Å². The molecule has 1 amide bonds. The summed E-state index contributed by atoms with van der Waals surface area (Å²) in [6.07, 6.45) is -3.46. The second-order valence-electron chi connectivity index (χ2n) is 5.02. The Balaban J connectivity index is 1.92. The fourth-order valence-corrected chi connectivity index (χ4v) is 2.91. The predicted molar refractivity (Wildman–Crippen MR) is 78.1 cm³/mol. The Morgan fingerprint density at radius 1 is 1.45 bits per heavy atom. The molecule has 0 saturated heterocycles. The number of benzene rings is 1. The zero-order valence-corrected chi connectivity index (χ0v) is 12.6. The maximum Gasteiger partial charge on any atom is 0.287 e. The van der Waals surface area contributed by atoms with Gasteiger partial charge in [-0.2, -0.15) is 10.1 Å². The molecule has 0 fully saturated rings. The van der Waals surface area contributed by atoms with Gasteiger partial charge < -0.3 is 5.11 Å². The highest BCUT2D eigenvalue weighted by atomic mass is 32.2. The maximum absolute atomic E-state index is 13.0. The Morgan fingerprint density at radius 3 is 2.68 bits per heavy atom. The molecule has 1 aromatic carbocycles. The Labute approximate surface area is 130 Å².